The average molecular weight is 414 g/mol. The molecule has 24 heavy (non-hydrogen) atoms. The molecule has 1 aromatic heterocycles. The summed E-state index contributed by atoms with van der Waals surface area (Å²) in [6.07, 6.45) is 6.63. The number of imidazole rings is 1. The Labute approximate surface area is 156 Å². The smallest absolute Gasteiger partial charge is 0.230 e. The Morgan fingerprint density at radius 1 is 1.33 bits per heavy atom. The summed E-state index contributed by atoms with van der Waals surface area (Å²) in [5.74, 6) is 0.949. The van der Waals surface area contributed by atoms with Crippen LogP contribution in [0.2, 0.25) is 0 Å². The van der Waals surface area contributed by atoms with Gasteiger partial charge in [-0.25, -0.2) is 4.98 Å². The summed E-state index contributed by atoms with van der Waals surface area (Å²) < 4.78 is 3.00. The van der Waals surface area contributed by atoms with Gasteiger partial charge in [-0.3, -0.25) is 10.1 Å². The summed E-state index contributed by atoms with van der Waals surface area (Å²) in [5.41, 5.74) is 6.93. The third-order valence-corrected chi connectivity index (χ3v) is 5.04. The minimum atomic E-state index is 0. The zero-order valence-electron chi connectivity index (χ0n) is 13.3. The summed E-state index contributed by atoms with van der Waals surface area (Å²) in [7, 11) is 0. The summed E-state index contributed by atoms with van der Waals surface area (Å²) in [6.45, 7) is 1.25. The van der Waals surface area contributed by atoms with E-state index in [1.165, 1.54) is 0 Å². The molecule has 130 valence electrons. The molecule has 2 atom stereocenters. The normalized spacial score (nSPS) is 19.8. The van der Waals surface area contributed by atoms with Gasteiger partial charge in [-0.15, -0.1) is 12.4 Å². The van der Waals surface area contributed by atoms with Gasteiger partial charge in [0.1, 0.15) is 0 Å². The number of nitrogens with one attached hydrogen (secondary N) is 1. The predicted octanol–water partition coefficient (Wildman–Crippen LogP) is 3.43. The second-order valence-electron chi connectivity index (χ2n) is 6.03. The van der Waals surface area contributed by atoms with Crippen LogP contribution in [0, 0.1) is 11.8 Å². The van der Waals surface area contributed by atoms with Gasteiger partial charge in [0.05, 0.1) is 6.54 Å². The van der Waals surface area contributed by atoms with Crippen molar-refractivity contribution in [3.8, 4) is 0 Å². The van der Waals surface area contributed by atoms with Crippen LogP contribution in [0.1, 0.15) is 24.8 Å². The maximum Gasteiger partial charge on any atom is 0.230 e. The molecule has 0 spiro atoms. The van der Waals surface area contributed by atoms with Crippen LogP contribution >= 0.6 is 28.3 Å². The van der Waals surface area contributed by atoms with Gasteiger partial charge in [0.15, 0.2) is 0 Å². The van der Waals surface area contributed by atoms with Crippen LogP contribution in [0.3, 0.4) is 0 Å². The number of aromatic nitrogens is 2. The standard InChI is InChI=1S/C17H21BrN4O.ClH/c18-14-6-4-12(5-7-14)11-22-9-8-20-17(22)21-16(23)15-3-1-2-13(15)10-19;/h4-9,13,15H,1-3,10-11,19H2,(H,20,21,23);1H/t13-,15-;/m1./s1. The van der Waals surface area contributed by atoms with E-state index in [-0.39, 0.29) is 24.2 Å². The van der Waals surface area contributed by atoms with Crippen LogP contribution in [-0.4, -0.2) is 22.0 Å². The molecule has 1 saturated carbocycles. The third-order valence-electron chi connectivity index (χ3n) is 4.52. The number of carbonyl (C=O) groups is 1. The Hall–Kier alpha value is -1.37. The first-order valence-electron chi connectivity index (χ1n) is 7.94. The van der Waals surface area contributed by atoms with Crippen LogP contribution in [0.15, 0.2) is 41.1 Å². The van der Waals surface area contributed by atoms with E-state index < -0.39 is 0 Å². The molecule has 2 aromatic rings. The number of carbonyl (C=O) groups excluding carboxylic acids is 1. The van der Waals surface area contributed by atoms with Crippen LogP contribution in [0.4, 0.5) is 5.95 Å². The fraction of sp³-hybridized carbons (Fsp3) is 0.412. The fourth-order valence-electron chi connectivity index (χ4n) is 3.21. The molecule has 1 aromatic carbocycles. The maximum atomic E-state index is 12.5. The molecule has 1 amide bonds. The zero-order valence-corrected chi connectivity index (χ0v) is 15.7. The molecule has 1 fully saturated rings. The molecule has 7 heteroatoms. The van der Waals surface area contributed by atoms with Gasteiger partial charge in [0, 0.05) is 22.8 Å². The molecule has 3 N–H and O–H groups in total. The number of nitrogens with two attached hydrogens (primary N) is 1. The number of hydrogen-bond acceptors (Lipinski definition) is 3. The van der Waals surface area contributed by atoms with E-state index in [0.29, 0.717) is 25.0 Å². The van der Waals surface area contributed by atoms with Gasteiger partial charge < -0.3 is 10.3 Å². The van der Waals surface area contributed by atoms with Crippen molar-refractivity contribution in [3.05, 3.63) is 46.7 Å². The van der Waals surface area contributed by atoms with Gasteiger partial charge >= 0.3 is 0 Å². The molecular weight excluding hydrogens is 392 g/mol. The van der Waals surface area contributed by atoms with Crippen molar-refractivity contribution in [3.63, 3.8) is 0 Å². The van der Waals surface area contributed by atoms with Crippen molar-refractivity contribution in [1.29, 1.82) is 0 Å². The van der Waals surface area contributed by atoms with E-state index in [0.717, 1.165) is 29.3 Å². The zero-order chi connectivity index (χ0) is 16.2. The molecular formula is C17H22BrClN4O. The van der Waals surface area contributed by atoms with E-state index in [2.05, 4.69) is 38.4 Å². The highest BCUT2D eigenvalue weighted by Crippen LogP contribution is 2.31. The van der Waals surface area contributed by atoms with Crippen molar-refractivity contribution >= 4 is 40.2 Å². The van der Waals surface area contributed by atoms with Crippen molar-refractivity contribution in [2.45, 2.75) is 25.8 Å². The number of halogens is 2. The van der Waals surface area contributed by atoms with E-state index in [4.69, 9.17) is 5.73 Å². The molecule has 0 bridgehead atoms. The monoisotopic (exact) mass is 412 g/mol. The van der Waals surface area contributed by atoms with Crippen LogP contribution in [0.5, 0.6) is 0 Å². The molecule has 5 nitrogen and oxygen atoms in total. The van der Waals surface area contributed by atoms with Crippen molar-refractivity contribution in [2.24, 2.45) is 17.6 Å². The topological polar surface area (TPSA) is 72.9 Å². The minimum Gasteiger partial charge on any atom is -0.330 e. The molecule has 0 radical (unpaired) electrons. The first-order chi connectivity index (χ1) is 11.2. The van der Waals surface area contributed by atoms with E-state index in [1.807, 2.05) is 22.9 Å². The summed E-state index contributed by atoms with van der Waals surface area (Å²) in [5, 5.41) is 2.98. The Morgan fingerprint density at radius 3 is 2.79 bits per heavy atom. The van der Waals surface area contributed by atoms with Crippen LogP contribution in [0.25, 0.3) is 0 Å². The first kappa shape index (κ1) is 19.0. The Balaban J connectivity index is 0.00000208. The lowest BCUT2D eigenvalue weighted by atomic mass is 9.95. The van der Waals surface area contributed by atoms with Gasteiger partial charge in [0.25, 0.3) is 0 Å². The quantitative estimate of drug-likeness (QED) is 0.789. The largest absolute Gasteiger partial charge is 0.330 e. The van der Waals surface area contributed by atoms with Gasteiger partial charge in [-0.05, 0) is 43.0 Å². The second-order valence-corrected chi connectivity index (χ2v) is 6.94. The molecule has 1 heterocycles. The van der Waals surface area contributed by atoms with Crippen LogP contribution in [-0.2, 0) is 11.3 Å². The highest BCUT2D eigenvalue weighted by molar-refractivity contribution is 9.10. The van der Waals surface area contributed by atoms with Gasteiger partial charge in [0.2, 0.25) is 11.9 Å². The summed E-state index contributed by atoms with van der Waals surface area (Å²) >= 11 is 3.43. The number of amides is 1. The lowest BCUT2D eigenvalue weighted by molar-refractivity contribution is -0.120. The van der Waals surface area contributed by atoms with Crippen LogP contribution < -0.4 is 11.1 Å². The Morgan fingerprint density at radius 2 is 2.08 bits per heavy atom. The second kappa shape index (κ2) is 8.65. The van der Waals surface area contributed by atoms with Gasteiger partial charge in [-0.2, -0.15) is 0 Å². The lowest BCUT2D eigenvalue weighted by Crippen LogP contribution is -2.30. The van der Waals surface area contributed by atoms with Crippen molar-refractivity contribution in [1.82, 2.24) is 9.55 Å². The van der Waals surface area contributed by atoms with E-state index in [1.54, 1.807) is 6.20 Å². The number of anilines is 1. The predicted molar refractivity (Wildman–Crippen MR) is 101 cm³/mol. The fourth-order valence-corrected chi connectivity index (χ4v) is 3.48. The average Bonchev–Trinajstić information content (AvgIpc) is 3.19. The molecule has 0 aliphatic heterocycles. The van der Waals surface area contributed by atoms with Crippen molar-refractivity contribution in [2.75, 3.05) is 11.9 Å². The summed E-state index contributed by atoms with van der Waals surface area (Å²) in [6, 6.07) is 8.12. The summed E-state index contributed by atoms with van der Waals surface area (Å²) in [4.78, 5) is 16.8. The minimum absolute atomic E-state index is 0. The highest BCUT2D eigenvalue weighted by Gasteiger charge is 2.32. The Kier molecular flexibility index (Phi) is 6.83. The number of hydrogen-bond donors (Lipinski definition) is 2. The third kappa shape index (κ3) is 4.37. The van der Waals surface area contributed by atoms with Gasteiger partial charge in [-0.1, -0.05) is 34.5 Å². The van der Waals surface area contributed by atoms with E-state index in [9.17, 15) is 4.79 Å². The SMILES string of the molecule is Cl.NC[C@H]1CCC[C@H]1C(=O)Nc1nccn1Cc1ccc(Br)cc1. The van der Waals surface area contributed by atoms with E-state index >= 15 is 0 Å². The molecule has 0 unspecified atom stereocenters. The molecule has 1 aliphatic carbocycles. The number of benzene rings is 1. The molecule has 1 aliphatic rings. The highest BCUT2D eigenvalue weighted by atomic mass is 79.9. The number of rotatable bonds is 5. The van der Waals surface area contributed by atoms with Crippen molar-refractivity contribution < 1.29 is 4.79 Å². The first-order valence-corrected chi connectivity index (χ1v) is 8.73. The molecule has 0 saturated heterocycles. The maximum absolute atomic E-state index is 12.5. The number of nitrogens with zero attached hydrogens (tertiary/aromatic N) is 2. The Bertz CT molecular complexity index is 673. The lowest BCUT2D eigenvalue weighted by Gasteiger charge is -2.17. The molecule has 3 rings (SSSR count).